The van der Waals surface area contributed by atoms with Crippen molar-refractivity contribution in [2.75, 3.05) is 5.88 Å². The summed E-state index contributed by atoms with van der Waals surface area (Å²) in [6, 6.07) is 0. The van der Waals surface area contributed by atoms with E-state index in [-0.39, 0.29) is 0 Å². The van der Waals surface area contributed by atoms with Gasteiger partial charge in [0.2, 0.25) is 0 Å². The van der Waals surface area contributed by atoms with E-state index in [2.05, 4.69) is 6.92 Å². The van der Waals surface area contributed by atoms with Gasteiger partial charge in [-0.3, -0.25) is 0 Å². The first-order valence-electron chi connectivity index (χ1n) is 5.80. The van der Waals surface area contributed by atoms with E-state index in [0.717, 1.165) is 17.7 Å². The second kappa shape index (κ2) is 3.81. The zero-order valence-corrected chi connectivity index (χ0v) is 9.45. The van der Waals surface area contributed by atoms with E-state index in [4.69, 9.17) is 11.6 Å². The van der Waals surface area contributed by atoms with Crippen LogP contribution in [0.1, 0.15) is 51.9 Å². The third kappa shape index (κ3) is 2.40. The highest BCUT2D eigenvalue weighted by molar-refractivity contribution is 6.18. The fraction of sp³-hybridized carbons (Fsp3) is 1.00. The van der Waals surface area contributed by atoms with Gasteiger partial charge in [0, 0.05) is 5.88 Å². The lowest BCUT2D eigenvalue weighted by atomic mass is 9.78. The Morgan fingerprint density at radius 1 is 1.15 bits per heavy atom. The molecule has 0 aromatic heterocycles. The number of hydrogen-bond acceptors (Lipinski definition) is 0. The van der Waals surface area contributed by atoms with Gasteiger partial charge >= 0.3 is 0 Å². The summed E-state index contributed by atoms with van der Waals surface area (Å²) in [5.74, 6) is 2.92. The molecular formula is C12H21Cl. The van der Waals surface area contributed by atoms with Crippen LogP contribution in [0.2, 0.25) is 0 Å². The fourth-order valence-electron chi connectivity index (χ4n) is 2.71. The first-order chi connectivity index (χ1) is 6.24. The van der Waals surface area contributed by atoms with Gasteiger partial charge in [0.1, 0.15) is 0 Å². The van der Waals surface area contributed by atoms with Crippen LogP contribution in [0.3, 0.4) is 0 Å². The van der Waals surface area contributed by atoms with Gasteiger partial charge in [0.15, 0.2) is 0 Å². The zero-order valence-electron chi connectivity index (χ0n) is 8.69. The fourth-order valence-corrected chi connectivity index (χ4v) is 3.09. The molecule has 2 fully saturated rings. The molecule has 0 aromatic carbocycles. The van der Waals surface area contributed by atoms with Crippen molar-refractivity contribution in [1.29, 1.82) is 0 Å². The predicted octanol–water partition coefficient (Wildman–Crippen LogP) is 4.22. The van der Waals surface area contributed by atoms with Crippen LogP contribution in [-0.2, 0) is 0 Å². The Balaban J connectivity index is 1.76. The Hall–Kier alpha value is 0.290. The minimum Gasteiger partial charge on any atom is -0.126 e. The molecule has 0 bridgehead atoms. The molecule has 2 rings (SSSR count). The SMILES string of the molecule is CC1CCC(CC2(CCl)CC2)CC1. The van der Waals surface area contributed by atoms with Crippen molar-refractivity contribution >= 4 is 11.6 Å². The summed E-state index contributed by atoms with van der Waals surface area (Å²) in [7, 11) is 0. The smallest absolute Gasteiger partial charge is 0.0280 e. The minimum absolute atomic E-state index is 0.604. The number of rotatable bonds is 3. The third-order valence-electron chi connectivity index (χ3n) is 4.10. The number of halogens is 1. The van der Waals surface area contributed by atoms with Crippen molar-refractivity contribution in [1.82, 2.24) is 0 Å². The minimum atomic E-state index is 0.604. The maximum absolute atomic E-state index is 6.00. The molecule has 13 heavy (non-hydrogen) atoms. The zero-order chi connectivity index (χ0) is 9.31. The molecule has 2 aliphatic rings. The highest BCUT2D eigenvalue weighted by atomic mass is 35.5. The van der Waals surface area contributed by atoms with Gasteiger partial charge in [-0.1, -0.05) is 32.6 Å². The lowest BCUT2D eigenvalue weighted by Gasteiger charge is -2.28. The molecule has 0 amide bonds. The van der Waals surface area contributed by atoms with Gasteiger partial charge in [-0.15, -0.1) is 11.6 Å². The molecule has 0 saturated heterocycles. The first-order valence-corrected chi connectivity index (χ1v) is 6.33. The van der Waals surface area contributed by atoms with Gasteiger partial charge in [0.05, 0.1) is 0 Å². The summed E-state index contributed by atoms with van der Waals surface area (Å²) in [5.41, 5.74) is 0.604. The van der Waals surface area contributed by atoms with Crippen molar-refractivity contribution < 1.29 is 0 Å². The highest BCUT2D eigenvalue weighted by Gasteiger charge is 2.43. The third-order valence-corrected chi connectivity index (χ3v) is 4.66. The topological polar surface area (TPSA) is 0 Å². The molecule has 0 spiro atoms. The van der Waals surface area contributed by atoms with E-state index in [0.29, 0.717) is 5.41 Å². The molecule has 0 unspecified atom stereocenters. The molecule has 1 heteroatoms. The molecule has 0 N–H and O–H groups in total. The van der Waals surface area contributed by atoms with Crippen molar-refractivity contribution in [3.63, 3.8) is 0 Å². The van der Waals surface area contributed by atoms with Gasteiger partial charge in [-0.25, -0.2) is 0 Å². The Kier molecular flexibility index (Phi) is 2.88. The summed E-state index contributed by atoms with van der Waals surface area (Å²) in [5, 5.41) is 0. The standard InChI is InChI=1S/C12H21Cl/c1-10-2-4-11(5-3-10)8-12(9-13)6-7-12/h10-11H,2-9H2,1H3. The summed E-state index contributed by atoms with van der Waals surface area (Å²) < 4.78 is 0. The predicted molar refractivity (Wildman–Crippen MR) is 58.1 cm³/mol. The van der Waals surface area contributed by atoms with Crippen LogP contribution in [0.15, 0.2) is 0 Å². The largest absolute Gasteiger partial charge is 0.126 e. The maximum Gasteiger partial charge on any atom is 0.0280 e. The molecule has 0 nitrogen and oxygen atoms in total. The molecule has 0 atom stereocenters. The number of hydrogen-bond donors (Lipinski definition) is 0. The first kappa shape index (κ1) is 9.83. The van der Waals surface area contributed by atoms with E-state index < -0.39 is 0 Å². The Morgan fingerprint density at radius 2 is 1.77 bits per heavy atom. The molecule has 2 aliphatic carbocycles. The van der Waals surface area contributed by atoms with E-state index >= 15 is 0 Å². The van der Waals surface area contributed by atoms with Crippen LogP contribution in [-0.4, -0.2) is 5.88 Å². The van der Waals surface area contributed by atoms with Crippen molar-refractivity contribution in [3.8, 4) is 0 Å². The average Bonchev–Trinajstić information content (AvgIpc) is 2.90. The molecule has 2 saturated carbocycles. The van der Waals surface area contributed by atoms with E-state index in [1.54, 1.807) is 0 Å². The summed E-state index contributed by atoms with van der Waals surface area (Å²) in [6.07, 6.45) is 10.1. The van der Waals surface area contributed by atoms with Crippen LogP contribution < -0.4 is 0 Å². The van der Waals surface area contributed by atoms with Gasteiger partial charge in [0.25, 0.3) is 0 Å². The normalized spacial score (nSPS) is 37.4. The number of alkyl halides is 1. The van der Waals surface area contributed by atoms with Crippen LogP contribution in [0.5, 0.6) is 0 Å². The van der Waals surface area contributed by atoms with E-state index in [1.807, 2.05) is 0 Å². The van der Waals surface area contributed by atoms with Crippen LogP contribution >= 0.6 is 11.6 Å². The Labute approximate surface area is 87.0 Å². The van der Waals surface area contributed by atoms with E-state index in [9.17, 15) is 0 Å². The molecule has 76 valence electrons. The second-order valence-corrected chi connectivity index (χ2v) is 5.73. The Morgan fingerprint density at radius 3 is 2.23 bits per heavy atom. The highest BCUT2D eigenvalue weighted by Crippen LogP contribution is 2.53. The summed E-state index contributed by atoms with van der Waals surface area (Å²) >= 11 is 6.00. The van der Waals surface area contributed by atoms with Crippen molar-refractivity contribution in [3.05, 3.63) is 0 Å². The summed E-state index contributed by atoms with van der Waals surface area (Å²) in [6.45, 7) is 2.39. The molecule has 0 heterocycles. The monoisotopic (exact) mass is 200 g/mol. The molecule has 0 aromatic rings. The Bertz CT molecular complexity index is 164. The van der Waals surface area contributed by atoms with Crippen LogP contribution in [0.4, 0.5) is 0 Å². The molecular weight excluding hydrogens is 180 g/mol. The lowest BCUT2D eigenvalue weighted by molar-refractivity contribution is 0.245. The van der Waals surface area contributed by atoms with E-state index in [1.165, 1.54) is 44.9 Å². The summed E-state index contributed by atoms with van der Waals surface area (Å²) in [4.78, 5) is 0. The lowest BCUT2D eigenvalue weighted by Crippen LogP contribution is -2.17. The quantitative estimate of drug-likeness (QED) is 0.599. The average molecular weight is 201 g/mol. The van der Waals surface area contributed by atoms with Crippen molar-refractivity contribution in [2.45, 2.75) is 51.9 Å². The van der Waals surface area contributed by atoms with Gasteiger partial charge in [-0.05, 0) is 36.5 Å². The maximum atomic E-state index is 6.00. The van der Waals surface area contributed by atoms with Crippen LogP contribution in [0.25, 0.3) is 0 Å². The van der Waals surface area contributed by atoms with Crippen molar-refractivity contribution in [2.24, 2.45) is 17.3 Å². The van der Waals surface area contributed by atoms with Crippen LogP contribution in [0, 0.1) is 17.3 Å². The van der Waals surface area contributed by atoms with Gasteiger partial charge < -0.3 is 0 Å². The molecule has 0 radical (unpaired) electrons. The second-order valence-electron chi connectivity index (χ2n) is 5.46. The molecule has 0 aliphatic heterocycles. The van der Waals surface area contributed by atoms with Gasteiger partial charge in [-0.2, -0.15) is 0 Å².